The van der Waals surface area contributed by atoms with Crippen molar-refractivity contribution in [3.8, 4) is 0 Å². The number of nitrogen functional groups attached to an aromatic ring is 1. The number of rotatable bonds is 4. The number of amides is 2. The summed E-state index contributed by atoms with van der Waals surface area (Å²) in [7, 11) is 0. The standard InChI is InChI=1S/C13H18N4O2S/c1-4-8(3)17-11(18)6-9(12(17)19)20-13-15-7(2)5-10(14)16-13/h5,8-9H,4,6H2,1-3H3,(H2,14,15,16). The molecule has 2 atom stereocenters. The van der Waals surface area contributed by atoms with Crippen LogP contribution in [0.3, 0.4) is 0 Å². The Kier molecular flexibility index (Phi) is 4.27. The number of nitrogens with two attached hydrogens (primary N) is 1. The van der Waals surface area contributed by atoms with Gasteiger partial charge in [0.15, 0.2) is 5.16 Å². The molecule has 0 saturated carbocycles. The summed E-state index contributed by atoms with van der Waals surface area (Å²) in [4.78, 5) is 33.9. The van der Waals surface area contributed by atoms with Gasteiger partial charge in [-0.15, -0.1) is 0 Å². The maximum absolute atomic E-state index is 12.3. The average Bonchev–Trinajstić information content (AvgIpc) is 2.62. The van der Waals surface area contributed by atoms with E-state index in [1.165, 1.54) is 16.7 Å². The van der Waals surface area contributed by atoms with Gasteiger partial charge >= 0.3 is 0 Å². The van der Waals surface area contributed by atoms with Crippen LogP contribution in [0.5, 0.6) is 0 Å². The van der Waals surface area contributed by atoms with Crippen molar-refractivity contribution in [3.05, 3.63) is 11.8 Å². The lowest BCUT2D eigenvalue weighted by atomic mass is 10.2. The number of thioether (sulfide) groups is 1. The second kappa shape index (κ2) is 5.78. The number of anilines is 1. The first kappa shape index (κ1) is 14.8. The molecule has 20 heavy (non-hydrogen) atoms. The summed E-state index contributed by atoms with van der Waals surface area (Å²) in [5, 5.41) is -0.00245. The lowest BCUT2D eigenvalue weighted by Crippen LogP contribution is -2.38. The molecule has 108 valence electrons. The number of hydrogen-bond donors (Lipinski definition) is 1. The van der Waals surface area contributed by atoms with E-state index in [0.717, 1.165) is 12.1 Å². The number of carbonyl (C=O) groups is 2. The molecular formula is C13H18N4O2S. The summed E-state index contributed by atoms with van der Waals surface area (Å²) in [6.45, 7) is 5.65. The van der Waals surface area contributed by atoms with Crippen LogP contribution in [0.4, 0.5) is 5.82 Å². The van der Waals surface area contributed by atoms with Gasteiger partial charge in [0, 0.05) is 24.2 Å². The van der Waals surface area contributed by atoms with Gasteiger partial charge in [-0.05, 0) is 20.3 Å². The van der Waals surface area contributed by atoms with Crippen LogP contribution in [0.1, 0.15) is 32.4 Å². The molecule has 0 aromatic carbocycles. The largest absolute Gasteiger partial charge is 0.384 e. The molecule has 1 aromatic rings. The number of carbonyl (C=O) groups excluding carboxylic acids is 2. The van der Waals surface area contributed by atoms with Gasteiger partial charge in [0.2, 0.25) is 11.8 Å². The Balaban J connectivity index is 2.15. The highest BCUT2D eigenvalue weighted by molar-refractivity contribution is 8.00. The molecule has 1 aromatic heterocycles. The lowest BCUT2D eigenvalue weighted by Gasteiger charge is -2.21. The molecular weight excluding hydrogens is 276 g/mol. The maximum atomic E-state index is 12.3. The van der Waals surface area contributed by atoms with Crippen molar-refractivity contribution in [1.82, 2.24) is 14.9 Å². The number of likely N-dealkylation sites (tertiary alicyclic amines) is 1. The van der Waals surface area contributed by atoms with Crippen LogP contribution in [0.15, 0.2) is 11.2 Å². The molecule has 2 amide bonds. The second-order valence-corrected chi connectivity index (χ2v) is 6.06. The van der Waals surface area contributed by atoms with E-state index >= 15 is 0 Å². The van der Waals surface area contributed by atoms with Crippen LogP contribution >= 0.6 is 11.8 Å². The predicted molar refractivity (Wildman–Crippen MR) is 77.0 cm³/mol. The Morgan fingerprint density at radius 2 is 2.20 bits per heavy atom. The van der Waals surface area contributed by atoms with Crippen molar-refractivity contribution in [2.24, 2.45) is 0 Å². The summed E-state index contributed by atoms with van der Waals surface area (Å²) in [6.07, 6.45) is 0.952. The maximum Gasteiger partial charge on any atom is 0.243 e. The van der Waals surface area contributed by atoms with Crippen molar-refractivity contribution in [2.75, 3.05) is 5.73 Å². The van der Waals surface area contributed by atoms with Crippen molar-refractivity contribution >= 4 is 29.4 Å². The monoisotopic (exact) mass is 294 g/mol. The summed E-state index contributed by atoms with van der Waals surface area (Å²) in [5.41, 5.74) is 6.41. The minimum Gasteiger partial charge on any atom is -0.384 e. The van der Waals surface area contributed by atoms with Crippen LogP contribution in [0.25, 0.3) is 0 Å². The smallest absolute Gasteiger partial charge is 0.243 e. The number of nitrogens with zero attached hydrogens (tertiary/aromatic N) is 3. The molecule has 2 N–H and O–H groups in total. The third-order valence-electron chi connectivity index (χ3n) is 3.27. The van der Waals surface area contributed by atoms with E-state index in [1.807, 2.05) is 20.8 Å². The predicted octanol–water partition coefficient (Wildman–Crippen LogP) is 1.39. The van der Waals surface area contributed by atoms with Gasteiger partial charge in [-0.1, -0.05) is 18.7 Å². The summed E-state index contributed by atoms with van der Waals surface area (Å²) in [5.74, 6) is 0.0936. The summed E-state index contributed by atoms with van der Waals surface area (Å²) < 4.78 is 0. The van der Waals surface area contributed by atoms with E-state index in [0.29, 0.717) is 11.0 Å². The third kappa shape index (κ3) is 2.92. The molecule has 1 saturated heterocycles. The highest BCUT2D eigenvalue weighted by Gasteiger charge is 2.41. The van der Waals surface area contributed by atoms with Gasteiger partial charge < -0.3 is 5.73 Å². The number of aryl methyl sites for hydroxylation is 1. The Labute approximate surface area is 122 Å². The van der Waals surface area contributed by atoms with Crippen LogP contribution in [-0.4, -0.2) is 38.0 Å². The molecule has 0 aliphatic carbocycles. The van der Waals surface area contributed by atoms with Crippen molar-refractivity contribution in [1.29, 1.82) is 0 Å². The topological polar surface area (TPSA) is 89.2 Å². The first-order chi connectivity index (χ1) is 9.42. The van der Waals surface area contributed by atoms with Gasteiger partial charge in [-0.25, -0.2) is 9.97 Å². The highest BCUT2D eigenvalue weighted by atomic mass is 32.2. The molecule has 7 heteroatoms. The Morgan fingerprint density at radius 3 is 2.80 bits per heavy atom. The summed E-state index contributed by atoms with van der Waals surface area (Å²) in [6, 6.07) is 1.60. The van der Waals surface area contributed by atoms with Crippen LogP contribution in [0, 0.1) is 6.92 Å². The third-order valence-corrected chi connectivity index (χ3v) is 4.32. The van der Waals surface area contributed by atoms with E-state index in [1.54, 1.807) is 6.07 Å². The summed E-state index contributed by atoms with van der Waals surface area (Å²) >= 11 is 1.21. The number of imide groups is 1. The Hall–Kier alpha value is -1.63. The van der Waals surface area contributed by atoms with Crippen LogP contribution in [0.2, 0.25) is 0 Å². The first-order valence-corrected chi connectivity index (χ1v) is 7.44. The van der Waals surface area contributed by atoms with Gasteiger partial charge in [0.1, 0.15) is 11.1 Å². The SMILES string of the molecule is CCC(C)N1C(=O)CC(Sc2nc(C)cc(N)n2)C1=O. The molecule has 1 aliphatic rings. The zero-order valence-electron chi connectivity index (χ0n) is 11.8. The van der Waals surface area contributed by atoms with Gasteiger partial charge in [0.25, 0.3) is 0 Å². The molecule has 6 nitrogen and oxygen atoms in total. The quantitative estimate of drug-likeness (QED) is 0.666. The second-order valence-electron chi connectivity index (χ2n) is 4.89. The number of hydrogen-bond acceptors (Lipinski definition) is 6. The van der Waals surface area contributed by atoms with Gasteiger partial charge in [-0.3, -0.25) is 14.5 Å². The van der Waals surface area contributed by atoms with E-state index < -0.39 is 5.25 Å². The van der Waals surface area contributed by atoms with E-state index in [2.05, 4.69) is 9.97 Å². The van der Waals surface area contributed by atoms with Crippen molar-refractivity contribution in [3.63, 3.8) is 0 Å². The molecule has 0 bridgehead atoms. The average molecular weight is 294 g/mol. The van der Waals surface area contributed by atoms with Crippen molar-refractivity contribution < 1.29 is 9.59 Å². The molecule has 2 heterocycles. The molecule has 1 fully saturated rings. The molecule has 0 spiro atoms. The van der Waals surface area contributed by atoms with Crippen LogP contribution < -0.4 is 5.73 Å². The minimum atomic E-state index is -0.447. The normalized spacial score (nSPS) is 20.6. The van der Waals surface area contributed by atoms with E-state index in [4.69, 9.17) is 5.73 Å². The molecule has 2 unspecified atom stereocenters. The zero-order valence-corrected chi connectivity index (χ0v) is 12.6. The van der Waals surface area contributed by atoms with Gasteiger partial charge in [-0.2, -0.15) is 0 Å². The lowest BCUT2D eigenvalue weighted by molar-refractivity contribution is -0.140. The minimum absolute atomic E-state index is 0.0657. The highest BCUT2D eigenvalue weighted by Crippen LogP contribution is 2.31. The molecule has 1 aliphatic heterocycles. The Bertz CT molecular complexity index is 529. The van der Waals surface area contributed by atoms with Crippen molar-refractivity contribution in [2.45, 2.75) is 50.1 Å². The van der Waals surface area contributed by atoms with Crippen LogP contribution in [-0.2, 0) is 9.59 Å². The fourth-order valence-corrected chi connectivity index (χ4v) is 3.15. The van der Waals surface area contributed by atoms with E-state index in [9.17, 15) is 9.59 Å². The van der Waals surface area contributed by atoms with E-state index in [-0.39, 0.29) is 24.3 Å². The molecule has 2 rings (SSSR count). The Morgan fingerprint density at radius 1 is 1.50 bits per heavy atom. The number of aromatic nitrogens is 2. The fraction of sp³-hybridized carbons (Fsp3) is 0.538. The molecule has 0 radical (unpaired) electrons. The first-order valence-electron chi connectivity index (χ1n) is 6.56. The zero-order chi connectivity index (χ0) is 14.9. The fourth-order valence-electron chi connectivity index (χ4n) is 2.10. The van der Waals surface area contributed by atoms with Gasteiger partial charge in [0.05, 0.1) is 0 Å².